The summed E-state index contributed by atoms with van der Waals surface area (Å²) in [6.07, 6.45) is 2.26. The monoisotopic (exact) mass is 454 g/mol. The molecule has 1 N–H and O–H groups in total. The molecule has 0 spiro atoms. The van der Waals surface area contributed by atoms with Gasteiger partial charge in [0.05, 0.1) is 16.9 Å². The number of nitrogens with one attached hydrogen (secondary N) is 1. The lowest BCUT2D eigenvalue weighted by atomic mass is 10.1. The van der Waals surface area contributed by atoms with E-state index < -0.39 is 5.69 Å². The quantitative estimate of drug-likeness (QED) is 0.595. The summed E-state index contributed by atoms with van der Waals surface area (Å²) in [5, 5.41) is 4.09. The van der Waals surface area contributed by atoms with Crippen LogP contribution in [-0.4, -0.2) is 39.6 Å². The van der Waals surface area contributed by atoms with Crippen LogP contribution in [0.2, 0.25) is 5.02 Å². The molecule has 1 aromatic heterocycles. The Morgan fingerprint density at radius 1 is 1.06 bits per heavy atom. The summed E-state index contributed by atoms with van der Waals surface area (Å²) in [6, 6.07) is 14.6. The molecule has 32 heavy (non-hydrogen) atoms. The third-order valence-corrected chi connectivity index (χ3v) is 6.29. The summed E-state index contributed by atoms with van der Waals surface area (Å²) in [4.78, 5) is 40.8. The normalized spacial score (nSPS) is 15.2. The van der Waals surface area contributed by atoms with E-state index in [-0.39, 0.29) is 30.6 Å². The van der Waals surface area contributed by atoms with Crippen molar-refractivity contribution in [1.29, 1.82) is 0 Å². The zero-order valence-corrected chi connectivity index (χ0v) is 18.8. The van der Waals surface area contributed by atoms with Crippen molar-refractivity contribution in [1.82, 2.24) is 19.4 Å². The number of hydrogen-bond donors (Lipinski definition) is 1. The van der Waals surface area contributed by atoms with Gasteiger partial charge in [0, 0.05) is 18.1 Å². The van der Waals surface area contributed by atoms with E-state index in [1.54, 1.807) is 31.2 Å². The Morgan fingerprint density at radius 3 is 2.53 bits per heavy atom. The first-order valence-electron chi connectivity index (χ1n) is 11.0. The molecule has 1 saturated heterocycles. The van der Waals surface area contributed by atoms with E-state index in [0.717, 1.165) is 36.1 Å². The predicted molar refractivity (Wildman–Crippen MR) is 126 cm³/mol. The minimum absolute atomic E-state index is 0.0122. The second-order valence-corrected chi connectivity index (χ2v) is 8.49. The Bertz CT molecular complexity index is 1240. The number of carbonyl (C=O) groups is 1. The number of para-hydroxylation sites is 1. The number of aromatic nitrogens is 2. The Hall–Kier alpha value is -2.90. The molecule has 7 nitrogen and oxygen atoms in total. The summed E-state index contributed by atoms with van der Waals surface area (Å²) in [5.41, 5.74) is 0.715. The average Bonchev–Trinajstić information content (AvgIpc) is 3.32. The number of amides is 1. The van der Waals surface area contributed by atoms with Gasteiger partial charge in [0.25, 0.3) is 5.56 Å². The number of likely N-dealkylation sites (tertiary alicyclic amines) is 1. The molecular weight excluding hydrogens is 428 g/mol. The molecule has 0 radical (unpaired) electrons. The zero-order valence-electron chi connectivity index (χ0n) is 18.1. The minimum atomic E-state index is -0.475. The molecule has 1 aliphatic heterocycles. The maximum atomic E-state index is 12.9. The lowest BCUT2D eigenvalue weighted by Gasteiger charge is -2.28. The third-order valence-electron chi connectivity index (χ3n) is 6.06. The smallest absolute Gasteiger partial charge is 0.331 e. The van der Waals surface area contributed by atoms with E-state index in [4.69, 9.17) is 11.6 Å². The molecule has 1 amide bonds. The van der Waals surface area contributed by atoms with Crippen molar-refractivity contribution in [3.63, 3.8) is 0 Å². The van der Waals surface area contributed by atoms with Crippen LogP contribution >= 0.6 is 11.6 Å². The predicted octanol–water partition coefficient (Wildman–Crippen LogP) is 2.79. The molecule has 2 heterocycles. The van der Waals surface area contributed by atoms with Crippen LogP contribution in [0.1, 0.15) is 31.4 Å². The Morgan fingerprint density at radius 2 is 1.81 bits per heavy atom. The van der Waals surface area contributed by atoms with Gasteiger partial charge in [-0.2, -0.15) is 0 Å². The summed E-state index contributed by atoms with van der Waals surface area (Å²) in [7, 11) is 0. The largest absolute Gasteiger partial charge is 0.353 e. The molecule has 4 rings (SSSR count). The number of fused-ring (bicyclic) bond motifs is 1. The molecule has 0 saturated carbocycles. The van der Waals surface area contributed by atoms with Crippen molar-refractivity contribution in [2.75, 3.05) is 19.6 Å². The number of hydrogen-bond acceptors (Lipinski definition) is 4. The van der Waals surface area contributed by atoms with Gasteiger partial charge in [-0.25, -0.2) is 4.79 Å². The van der Waals surface area contributed by atoms with Gasteiger partial charge >= 0.3 is 5.69 Å². The first-order valence-corrected chi connectivity index (χ1v) is 11.4. The highest BCUT2D eigenvalue weighted by molar-refractivity contribution is 6.30. The van der Waals surface area contributed by atoms with Gasteiger partial charge in [-0.3, -0.25) is 23.6 Å². The zero-order chi connectivity index (χ0) is 22.7. The molecule has 1 atom stereocenters. The van der Waals surface area contributed by atoms with Gasteiger partial charge in [0.2, 0.25) is 5.91 Å². The molecule has 0 bridgehead atoms. The summed E-state index contributed by atoms with van der Waals surface area (Å²) < 4.78 is 2.54. The molecule has 2 aromatic carbocycles. The number of nitrogens with zero attached hydrogens (tertiary/aromatic N) is 3. The number of benzene rings is 2. The fraction of sp³-hybridized carbons (Fsp3) is 0.375. The Kier molecular flexibility index (Phi) is 6.77. The van der Waals surface area contributed by atoms with E-state index in [1.165, 1.54) is 4.57 Å². The van der Waals surface area contributed by atoms with Gasteiger partial charge < -0.3 is 5.32 Å². The second-order valence-electron chi connectivity index (χ2n) is 8.05. The van der Waals surface area contributed by atoms with Gasteiger partial charge in [-0.05, 0) is 62.7 Å². The van der Waals surface area contributed by atoms with Crippen LogP contribution in [0, 0.1) is 0 Å². The number of carbonyl (C=O) groups excluding carboxylic acids is 1. The van der Waals surface area contributed by atoms with E-state index in [2.05, 4.69) is 10.2 Å². The van der Waals surface area contributed by atoms with E-state index >= 15 is 0 Å². The van der Waals surface area contributed by atoms with Crippen molar-refractivity contribution >= 4 is 28.4 Å². The molecule has 3 aromatic rings. The highest BCUT2D eigenvalue weighted by atomic mass is 35.5. The standard InChI is InChI=1S/C24H27ClN4O3/c1-2-28-23(31)19-10-3-4-11-20(19)29(24(28)32)16-22(30)26-15-21(27-12-5-6-13-27)17-8-7-9-18(25)14-17/h3-4,7-11,14,21H,2,5-6,12-13,15-16H2,1H3,(H,26,30). The van der Waals surface area contributed by atoms with E-state index in [0.29, 0.717) is 22.5 Å². The Balaban J connectivity index is 1.57. The van der Waals surface area contributed by atoms with Gasteiger partial charge in [-0.15, -0.1) is 0 Å². The molecule has 168 valence electrons. The first kappa shape index (κ1) is 22.3. The topological polar surface area (TPSA) is 76.3 Å². The maximum Gasteiger partial charge on any atom is 0.331 e. The Labute approximate surface area is 191 Å². The minimum Gasteiger partial charge on any atom is -0.353 e. The average molecular weight is 455 g/mol. The fourth-order valence-corrected chi connectivity index (χ4v) is 4.64. The summed E-state index contributed by atoms with van der Waals surface area (Å²) >= 11 is 6.21. The van der Waals surface area contributed by atoms with E-state index in [1.807, 2.05) is 24.3 Å². The first-order chi connectivity index (χ1) is 15.5. The lowest BCUT2D eigenvalue weighted by Crippen LogP contribution is -2.43. The SMILES string of the molecule is CCn1c(=O)c2ccccc2n(CC(=O)NCC(c2cccc(Cl)c2)N2CCCC2)c1=O. The van der Waals surface area contributed by atoms with Gasteiger partial charge in [0.1, 0.15) is 6.54 Å². The van der Waals surface area contributed by atoms with Gasteiger partial charge in [-0.1, -0.05) is 35.9 Å². The molecule has 0 aliphatic carbocycles. The van der Waals surface area contributed by atoms with Crippen LogP contribution in [0.15, 0.2) is 58.1 Å². The molecular formula is C24H27ClN4O3. The van der Waals surface area contributed by atoms with Crippen LogP contribution in [0.25, 0.3) is 10.9 Å². The van der Waals surface area contributed by atoms with Gasteiger partial charge in [0.15, 0.2) is 0 Å². The van der Waals surface area contributed by atoms with E-state index in [9.17, 15) is 14.4 Å². The molecule has 1 unspecified atom stereocenters. The number of halogens is 1. The van der Waals surface area contributed by atoms with Crippen molar-refractivity contribution in [2.45, 2.75) is 38.9 Å². The van der Waals surface area contributed by atoms with Crippen LogP contribution in [0.4, 0.5) is 0 Å². The fourth-order valence-electron chi connectivity index (χ4n) is 4.44. The summed E-state index contributed by atoms with van der Waals surface area (Å²) in [5.74, 6) is -0.273. The van der Waals surface area contributed by atoms with Crippen molar-refractivity contribution in [3.05, 3.63) is 80.0 Å². The number of rotatable bonds is 7. The maximum absolute atomic E-state index is 12.9. The van der Waals surface area contributed by atoms with Crippen molar-refractivity contribution in [2.24, 2.45) is 0 Å². The second kappa shape index (κ2) is 9.71. The van der Waals surface area contributed by atoms with Crippen LogP contribution < -0.4 is 16.6 Å². The van der Waals surface area contributed by atoms with Crippen LogP contribution in [0.3, 0.4) is 0 Å². The van der Waals surface area contributed by atoms with Crippen molar-refractivity contribution < 1.29 is 4.79 Å². The van der Waals surface area contributed by atoms with Crippen LogP contribution in [-0.2, 0) is 17.9 Å². The highest BCUT2D eigenvalue weighted by Gasteiger charge is 2.24. The lowest BCUT2D eigenvalue weighted by molar-refractivity contribution is -0.121. The third kappa shape index (κ3) is 4.49. The van der Waals surface area contributed by atoms with Crippen LogP contribution in [0.5, 0.6) is 0 Å². The highest BCUT2D eigenvalue weighted by Crippen LogP contribution is 2.26. The van der Waals surface area contributed by atoms with Crippen molar-refractivity contribution in [3.8, 4) is 0 Å². The molecule has 8 heteroatoms. The molecule has 1 aliphatic rings. The summed E-state index contributed by atoms with van der Waals surface area (Å²) in [6.45, 7) is 4.20. The molecule has 1 fully saturated rings.